The smallest absolute Gasteiger partial charge is 0.150 e. The highest BCUT2D eigenvalue weighted by atomic mass is 32.2. The molecule has 0 radical (unpaired) electrons. The molecule has 3 aromatic heterocycles. The number of rotatable bonds is 14. The Hall–Kier alpha value is -4.10. The van der Waals surface area contributed by atoms with E-state index in [4.69, 9.17) is 13.5 Å². The van der Waals surface area contributed by atoms with Crippen LogP contribution in [0.3, 0.4) is 0 Å². The van der Waals surface area contributed by atoms with Crippen molar-refractivity contribution in [1.29, 1.82) is 10.5 Å². The number of aromatic nitrogens is 2. The number of thiophene rings is 2. The SMILES string of the molecule is CCCCC(CC)COc1ccc(-c2ccc(-c3c4c(c(-c5ccc(-c6ccc(N(C)CCC)cc6)s5)c5nsnc35)SC(=C(C#N)C#N)S4)s2)cc1. The minimum atomic E-state index is 0.126. The number of thioether (sulfide) groups is 2. The summed E-state index contributed by atoms with van der Waals surface area (Å²) in [5, 5.41) is 19.7. The van der Waals surface area contributed by atoms with Crippen LogP contribution in [0, 0.1) is 28.6 Å². The second-order valence-electron chi connectivity index (χ2n) is 13.0. The van der Waals surface area contributed by atoms with Gasteiger partial charge in [0, 0.05) is 59.7 Å². The van der Waals surface area contributed by atoms with Gasteiger partial charge in [0.15, 0.2) is 0 Å². The highest BCUT2D eigenvalue weighted by Gasteiger charge is 2.33. The maximum atomic E-state index is 9.87. The molecule has 0 fully saturated rings. The number of ether oxygens (including phenoxy) is 1. The Bertz CT molecular complexity index is 2320. The first-order valence-corrected chi connectivity index (χ1v) is 21.9. The van der Waals surface area contributed by atoms with E-state index in [-0.39, 0.29) is 5.57 Å². The first-order valence-electron chi connectivity index (χ1n) is 17.9. The molecule has 4 heterocycles. The van der Waals surface area contributed by atoms with Crippen molar-refractivity contribution in [3.63, 3.8) is 0 Å². The van der Waals surface area contributed by atoms with Gasteiger partial charge in [-0.05, 0) is 90.6 Å². The second-order valence-corrected chi connectivity index (χ2v) is 18.0. The van der Waals surface area contributed by atoms with E-state index >= 15 is 0 Å². The van der Waals surface area contributed by atoms with Crippen LogP contribution in [-0.2, 0) is 0 Å². The molecule has 53 heavy (non-hydrogen) atoms. The van der Waals surface area contributed by atoms with Crippen LogP contribution in [-0.4, -0.2) is 28.9 Å². The average Bonchev–Trinajstić information content (AvgIpc) is 4.03. The average molecular weight is 790 g/mol. The summed E-state index contributed by atoms with van der Waals surface area (Å²) in [5.74, 6) is 1.48. The summed E-state index contributed by atoms with van der Waals surface area (Å²) in [5.41, 5.74) is 7.33. The van der Waals surface area contributed by atoms with Crippen LogP contribution in [0.5, 0.6) is 5.75 Å². The topological polar surface area (TPSA) is 85.8 Å². The quantitative estimate of drug-likeness (QED) is 0.101. The van der Waals surface area contributed by atoms with E-state index < -0.39 is 0 Å². The standard InChI is InChI=1S/C42H39N5OS5/c1-5-8-9-26(7-3)25-48-31-16-12-28(13-17-31)33-19-21-35(50-33)37-39-38(45-53-46-39)36(40-41(37)52-42(51-40)29(23-43)24-44)34-20-18-32(49-34)27-10-14-30(15-11-27)47(4)22-6-2/h10-21,26H,5-9,22,25H2,1-4H3. The molecule has 6 aromatic rings. The van der Waals surface area contributed by atoms with Gasteiger partial charge in [0.05, 0.1) is 22.6 Å². The Labute approximate surface area is 332 Å². The van der Waals surface area contributed by atoms with Gasteiger partial charge in [-0.15, -0.1) is 22.7 Å². The minimum absolute atomic E-state index is 0.126. The predicted octanol–water partition coefficient (Wildman–Crippen LogP) is 13.4. The molecule has 1 aliphatic rings. The first-order chi connectivity index (χ1) is 26.0. The molecule has 0 N–H and O–H groups in total. The van der Waals surface area contributed by atoms with Gasteiger partial charge in [0.1, 0.15) is 34.5 Å². The lowest BCUT2D eigenvalue weighted by atomic mass is 10.0. The second kappa shape index (κ2) is 16.9. The summed E-state index contributed by atoms with van der Waals surface area (Å²) in [6.45, 7) is 8.44. The number of anilines is 1. The molecule has 1 aliphatic heterocycles. The van der Waals surface area contributed by atoms with Gasteiger partial charge in [-0.25, -0.2) is 0 Å². The Morgan fingerprint density at radius 2 is 1.28 bits per heavy atom. The van der Waals surface area contributed by atoms with Crippen LogP contribution >= 0.6 is 57.9 Å². The van der Waals surface area contributed by atoms with Crippen molar-refractivity contribution in [3.8, 4) is 59.7 Å². The Balaban J connectivity index is 1.24. The van der Waals surface area contributed by atoms with Crippen LogP contribution in [0.25, 0.3) is 52.8 Å². The van der Waals surface area contributed by atoms with E-state index in [1.54, 1.807) is 22.7 Å². The Morgan fingerprint density at radius 1 is 0.736 bits per heavy atom. The molecular formula is C42H39N5OS5. The summed E-state index contributed by atoms with van der Waals surface area (Å²) in [6, 6.07) is 30.1. The maximum Gasteiger partial charge on any atom is 0.150 e. The highest BCUT2D eigenvalue weighted by Crippen LogP contribution is 2.61. The molecule has 11 heteroatoms. The van der Waals surface area contributed by atoms with Crippen molar-refractivity contribution in [2.24, 2.45) is 5.92 Å². The Morgan fingerprint density at radius 3 is 1.79 bits per heavy atom. The third kappa shape index (κ3) is 7.78. The van der Waals surface area contributed by atoms with E-state index in [9.17, 15) is 10.5 Å². The van der Waals surface area contributed by atoms with Gasteiger partial charge in [-0.1, -0.05) is 75.7 Å². The fourth-order valence-corrected chi connectivity index (χ4v) is 12.0. The van der Waals surface area contributed by atoms with Gasteiger partial charge in [0.25, 0.3) is 0 Å². The minimum Gasteiger partial charge on any atom is -0.493 e. The van der Waals surface area contributed by atoms with Crippen LogP contribution in [0.15, 0.2) is 92.4 Å². The third-order valence-electron chi connectivity index (χ3n) is 9.46. The van der Waals surface area contributed by atoms with E-state index in [0.717, 1.165) is 89.5 Å². The molecule has 3 aromatic carbocycles. The third-order valence-corrected chi connectivity index (χ3v) is 14.9. The van der Waals surface area contributed by atoms with Crippen molar-refractivity contribution in [3.05, 3.63) is 82.6 Å². The van der Waals surface area contributed by atoms with Crippen molar-refractivity contribution < 1.29 is 4.74 Å². The van der Waals surface area contributed by atoms with Crippen molar-refractivity contribution in [1.82, 2.24) is 8.75 Å². The number of hydrogen-bond donors (Lipinski definition) is 0. The number of unbranched alkanes of at least 4 members (excludes halogenated alkanes) is 1. The van der Waals surface area contributed by atoms with Gasteiger partial charge >= 0.3 is 0 Å². The number of benzene rings is 3. The molecule has 1 unspecified atom stereocenters. The molecule has 0 aliphatic carbocycles. The fourth-order valence-electron chi connectivity index (χ4n) is 6.46. The molecule has 0 bridgehead atoms. The first kappa shape index (κ1) is 37.2. The lowest BCUT2D eigenvalue weighted by Crippen LogP contribution is -2.17. The largest absolute Gasteiger partial charge is 0.493 e. The zero-order chi connectivity index (χ0) is 36.9. The zero-order valence-electron chi connectivity index (χ0n) is 30.1. The lowest BCUT2D eigenvalue weighted by Gasteiger charge is -2.18. The molecule has 7 rings (SSSR count). The normalized spacial score (nSPS) is 12.8. The molecule has 6 nitrogen and oxygen atoms in total. The monoisotopic (exact) mass is 789 g/mol. The summed E-state index contributed by atoms with van der Waals surface area (Å²) in [6.07, 6.45) is 5.89. The van der Waals surface area contributed by atoms with E-state index in [2.05, 4.69) is 118 Å². The van der Waals surface area contributed by atoms with Crippen molar-refractivity contribution >= 4 is 74.6 Å². The summed E-state index contributed by atoms with van der Waals surface area (Å²) in [4.78, 5) is 8.79. The molecule has 0 saturated heterocycles. The summed E-state index contributed by atoms with van der Waals surface area (Å²) < 4.78 is 16.6. The van der Waals surface area contributed by atoms with Crippen LogP contribution < -0.4 is 9.64 Å². The molecule has 0 spiro atoms. The number of fused-ring (bicyclic) bond motifs is 2. The summed E-state index contributed by atoms with van der Waals surface area (Å²) >= 11 is 7.67. The molecule has 268 valence electrons. The number of nitrogens with zero attached hydrogens (tertiary/aromatic N) is 5. The van der Waals surface area contributed by atoms with E-state index in [1.165, 1.54) is 65.1 Å². The van der Waals surface area contributed by atoms with Crippen LogP contribution in [0.2, 0.25) is 0 Å². The van der Waals surface area contributed by atoms with Gasteiger partial charge in [-0.3, -0.25) is 0 Å². The van der Waals surface area contributed by atoms with Crippen LogP contribution in [0.1, 0.15) is 52.9 Å². The van der Waals surface area contributed by atoms with Crippen LogP contribution in [0.4, 0.5) is 5.69 Å². The number of hydrogen-bond acceptors (Lipinski definition) is 11. The maximum absolute atomic E-state index is 9.87. The van der Waals surface area contributed by atoms with Crippen molar-refractivity contribution in [2.75, 3.05) is 25.1 Å². The highest BCUT2D eigenvalue weighted by molar-refractivity contribution is 8.25. The number of nitriles is 2. The number of allylic oxidation sites excluding steroid dienone is 1. The molecule has 1 atom stereocenters. The summed E-state index contributed by atoms with van der Waals surface area (Å²) in [7, 11) is 2.13. The van der Waals surface area contributed by atoms with Gasteiger partial charge in [0.2, 0.25) is 0 Å². The fraction of sp³-hybridized carbons (Fsp3) is 0.286. The van der Waals surface area contributed by atoms with Gasteiger partial charge < -0.3 is 9.64 Å². The predicted molar refractivity (Wildman–Crippen MR) is 227 cm³/mol. The van der Waals surface area contributed by atoms with Gasteiger partial charge in [-0.2, -0.15) is 19.3 Å². The Kier molecular flexibility index (Phi) is 11.9. The lowest BCUT2D eigenvalue weighted by molar-refractivity contribution is 0.233. The zero-order valence-corrected chi connectivity index (χ0v) is 34.2. The molecular weight excluding hydrogens is 751 g/mol. The van der Waals surface area contributed by atoms with E-state index in [1.807, 2.05) is 0 Å². The van der Waals surface area contributed by atoms with Crippen molar-refractivity contribution in [2.45, 2.75) is 62.7 Å². The van der Waals surface area contributed by atoms with E-state index in [0.29, 0.717) is 10.2 Å². The molecule has 0 saturated carbocycles. The molecule has 0 amide bonds.